The minimum absolute atomic E-state index is 0. The standard InChI is InChI=1S/2C4H9O.2BrH.Ti/c2*1-2-3-4-5;;;/h2*2-4H2,1H3;2*1H;/q2*-1;;;+4/p-2. The van der Waals surface area contributed by atoms with E-state index in [1.54, 1.807) is 0 Å². The molecule has 0 aromatic carbocycles. The molecule has 13 heavy (non-hydrogen) atoms. The van der Waals surface area contributed by atoms with Crippen LogP contribution in [0.2, 0.25) is 0 Å². The van der Waals surface area contributed by atoms with Crippen LogP contribution in [0.25, 0.3) is 0 Å². The van der Waals surface area contributed by atoms with Crippen molar-refractivity contribution in [2.24, 2.45) is 0 Å². The molecule has 0 saturated carbocycles. The van der Waals surface area contributed by atoms with Gasteiger partial charge in [-0.05, 0) is 0 Å². The number of halogens is 2. The zero-order chi connectivity index (χ0) is 8.36. The molecule has 0 aromatic heterocycles. The number of rotatable bonds is 8. The molecule has 0 aliphatic rings. The number of hydrogen-bond acceptors (Lipinski definition) is 2. The van der Waals surface area contributed by atoms with E-state index in [2.05, 4.69) is 13.8 Å². The van der Waals surface area contributed by atoms with Crippen molar-refractivity contribution in [2.45, 2.75) is 39.5 Å². The molecule has 0 aliphatic carbocycles. The van der Waals surface area contributed by atoms with E-state index in [-0.39, 0.29) is 34.0 Å². The summed E-state index contributed by atoms with van der Waals surface area (Å²) < 4.78 is 10.6. The Morgan fingerprint density at radius 1 is 0.846 bits per heavy atom. The fourth-order valence-electron chi connectivity index (χ4n) is 0.558. The third-order valence-corrected chi connectivity index (χ3v) is 2.32. The zero-order valence-corrected chi connectivity index (χ0v) is 13.0. The van der Waals surface area contributed by atoms with Crippen molar-refractivity contribution in [3.8, 4) is 0 Å². The second-order valence-corrected chi connectivity index (χ2v) is 3.65. The fraction of sp³-hybridized carbons (Fsp3) is 1.00. The van der Waals surface area contributed by atoms with Crippen molar-refractivity contribution in [1.29, 1.82) is 0 Å². The van der Waals surface area contributed by atoms with Crippen molar-refractivity contribution in [2.75, 3.05) is 13.2 Å². The zero-order valence-electron chi connectivity index (χ0n) is 8.32. The van der Waals surface area contributed by atoms with Gasteiger partial charge in [-0.3, -0.25) is 0 Å². The molecule has 0 unspecified atom stereocenters. The SMILES string of the molecule is CCCC[O][Ti+2][O]CCCC.[Br-].[Br-]. The molecule has 0 spiro atoms. The van der Waals surface area contributed by atoms with Gasteiger partial charge < -0.3 is 34.0 Å². The predicted octanol–water partition coefficient (Wildman–Crippen LogP) is -3.46. The summed E-state index contributed by atoms with van der Waals surface area (Å²) in [6.45, 7) is 6.12. The van der Waals surface area contributed by atoms with Gasteiger partial charge in [-0.2, -0.15) is 0 Å². The first-order valence-corrected chi connectivity index (χ1v) is 5.67. The minimum Gasteiger partial charge on any atom is -1.00 e. The first-order valence-electron chi connectivity index (χ1n) is 4.40. The average Bonchev–Trinajstić information content (AvgIpc) is 2.03. The molecule has 80 valence electrons. The van der Waals surface area contributed by atoms with E-state index < -0.39 is 19.9 Å². The van der Waals surface area contributed by atoms with E-state index >= 15 is 0 Å². The number of unbranched alkanes of at least 4 members (excludes halogenated alkanes) is 2. The average molecular weight is 354 g/mol. The summed E-state index contributed by atoms with van der Waals surface area (Å²) in [5, 5.41) is 0. The van der Waals surface area contributed by atoms with Gasteiger partial charge in [0.15, 0.2) is 0 Å². The van der Waals surface area contributed by atoms with Gasteiger partial charge in [0.1, 0.15) is 0 Å². The van der Waals surface area contributed by atoms with E-state index in [0.717, 1.165) is 13.2 Å². The van der Waals surface area contributed by atoms with Gasteiger partial charge in [0.2, 0.25) is 0 Å². The van der Waals surface area contributed by atoms with Crippen molar-refractivity contribution < 1.29 is 60.5 Å². The molecule has 0 saturated heterocycles. The van der Waals surface area contributed by atoms with Crippen LogP contribution in [0, 0.1) is 0 Å². The molecule has 0 atom stereocenters. The summed E-state index contributed by atoms with van der Waals surface area (Å²) in [6, 6.07) is 0. The molecule has 0 aromatic rings. The van der Waals surface area contributed by atoms with Gasteiger partial charge >= 0.3 is 79.3 Å². The third-order valence-electron chi connectivity index (χ3n) is 1.32. The van der Waals surface area contributed by atoms with Gasteiger partial charge in [-0.1, -0.05) is 0 Å². The second-order valence-electron chi connectivity index (χ2n) is 2.49. The smallest absolute Gasteiger partial charge is 1.00 e. The Labute approximate surface area is 113 Å². The summed E-state index contributed by atoms with van der Waals surface area (Å²) in [4.78, 5) is 0. The summed E-state index contributed by atoms with van der Waals surface area (Å²) in [6.07, 6.45) is 4.75. The molecule has 0 radical (unpaired) electrons. The molecule has 0 N–H and O–H groups in total. The van der Waals surface area contributed by atoms with Crippen LogP contribution >= 0.6 is 0 Å². The molecule has 0 amide bonds. The van der Waals surface area contributed by atoms with Crippen LogP contribution in [0.3, 0.4) is 0 Å². The van der Waals surface area contributed by atoms with Gasteiger partial charge in [0.05, 0.1) is 0 Å². The Morgan fingerprint density at radius 2 is 1.23 bits per heavy atom. The van der Waals surface area contributed by atoms with Gasteiger partial charge in [-0.25, -0.2) is 0 Å². The molecule has 0 fully saturated rings. The second kappa shape index (κ2) is 19.2. The number of hydrogen-bond donors (Lipinski definition) is 0. The van der Waals surface area contributed by atoms with Gasteiger partial charge in [0.25, 0.3) is 0 Å². The largest absolute Gasteiger partial charge is 1.00 e. The van der Waals surface area contributed by atoms with Crippen LogP contribution in [-0.4, -0.2) is 13.2 Å². The summed E-state index contributed by atoms with van der Waals surface area (Å²) in [5.74, 6) is 0. The molecule has 0 bridgehead atoms. The normalized spacial score (nSPS) is 8.15. The first-order chi connectivity index (χ1) is 5.41. The van der Waals surface area contributed by atoms with Crippen LogP contribution < -0.4 is 34.0 Å². The molecule has 0 heterocycles. The summed E-state index contributed by atoms with van der Waals surface area (Å²) in [5.41, 5.74) is 0. The first kappa shape index (κ1) is 20.1. The monoisotopic (exact) mass is 352 g/mol. The Kier molecular flexibility index (Phi) is 29.6. The maximum absolute atomic E-state index is 5.32. The predicted molar refractivity (Wildman–Crippen MR) is 41.7 cm³/mol. The van der Waals surface area contributed by atoms with E-state index in [1.165, 1.54) is 25.7 Å². The van der Waals surface area contributed by atoms with E-state index in [1.807, 2.05) is 0 Å². The molecule has 0 rings (SSSR count). The molecular formula is C8H18Br2O2Ti. The third kappa shape index (κ3) is 19.9. The molecule has 2 nitrogen and oxygen atoms in total. The van der Waals surface area contributed by atoms with Crippen LogP contribution in [0.15, 0.2) is 0 Å². The topological polar surface area (TPSA) is 18.5 Å². The summed E-state index contributed by atoms with van der Waals surface area (Å²) >= 11 is -0.519. The van der Waals surface area contributed by atoms with E-state index in [9.17, 15) is 0 Å². The van der Waals surface area contributed by atoms with Crippen LogP contribution in [0.4, 0.5) is 0 Å². The Balaban J connectivity index is -0.000000500. The van der Waals surface area contributed by atoms with Crippen LogP contribution in [0.1, 0.15) is 39.5 Å². The Hall–Kier alpha value is 1.59. The van der Waals surface area contributed by atoms with Crippen LogP contribution in [-0.2, 0) is 26.6 Å². The van der Waals surface area contributed by atoms with Crippen molar-refractivity contribution in [1.82, 2.24) is 0 Å². The van der Waals surface area contributed by atoms with Crippen molar-refractivity contribution in [3.63, 3.8) is 0 Å². The minimum atomic E-state index is -0.519. The molecule has 5 heteroatoms. The van der Waals surface area contributed by atoms with Crippen molar-refractivity contribution in [3.05, 3.63) is 0 Å². The Morgan fingerprint density at radius 3 is 1.54 bits per heavy atom. The molecular weight excluding hydrogens is 336 g/mol. The Bertz CT molecular complexity index is 69.2. The maximum atomic E-state index is 5.32. The van der Waals surface area contributed by atoms with E-state index in [4.69, 9.17) is 6.64 Å². The fourth-order valence-corrected chi connectivity index (χ4v) is 1.40. The van der Waals surface area contributed by atoms with E-state index in [0.29, 0.717) is 0 Å². The molecule has 0 aliphatic heterocycles. The van der Waals surface area contributed by atoms with Gasteiger partial charge in [-0.15, -0.1) is 0 Å². The van der Waals surface area contributed by atoms with Gasteiger partial charge in [0, 0.05) is 0 Å². The van der Waals surface area contributed by atoms with Crippen molar-refractivity contribution >= 4 is 0 Å². The van der Waals surface area contributed by atoms with Crippen LogP contribution in [0.5, 0.6) is 0 Å². The summed E-state index contributed by atoms with van der Waals surface area (Å²) in [7, 11) is 0. The maximum Gasteiger partial charge on any atom is -1.00 e. The quantitative estimate of drug-likeness (QED) is 0.334.